The zero-order valence-corrected chi connectivity index (χ0v) is 13.6. The average molecular weight is 347 g/mol. The lowest BCUT2D eigenvalue weighted by molar-refractivity contribution is -0.145. The van der Waals surface area contributed by atoms with Gasteiger partial charge in [-0.05, 0) is 42.9 Å². The third-order valence-corrected chi connectivity index (χ3v) is 4.87. The molecule has 1 unspecified atom stereocenters. The lowest BCUT2D eigenvalue weighted by Crippen LogP contribution is -2.11. The van der Waals surface area contributed by atoms with E-state index in [0.717, 1.165) is 10.9 Å². The molecule has 0 spiro atoms. The molecule has 2 aliphatic rings. The average Bonchev–Trinajstić information content (AvgIpc) is 3.24. The quantitative estimate of drug-likeness (QED) is 0.751. The van der Waals surface area contributed by atoms with Crippen LogP contribution in [0.2, 0.25) is 0 Å². The van der Waals surface area contributed by atoms with E-state index in [4.69, 9.17) is 4.74 Å². The first-order chi connectivity index (χ1) is 10.2. The van der Waals surface area contributed by atoms with Gasteiger partial charge in [0.05, 0.1) is 12.5 Å². The van der Waals surface area contributed by atoms with Crippen LogP contribution in [0.25, 0.3) is 0 Å². The Bertz CT molecular complexity index is 591. The van der Waals surface area contributed by atoms with Crippen molar-refractivity contribution in [2.45, 2.75) is 19.3 Å². The molecule has 0 radical (unpaired) electrons. The Balaban J connectivity index is 1.84. The monoisotopic (exact) mass is 346 g/mol. The van der Waals surface area contributed by atoms with Crippen LogP contribution in [0.5, 0.6) is 0 Å². The number of hydrogen-bond acceptors (Lipinski definition) is 2. The second kappa shape index (κ2) is 6.18. The molecule has 1 saturated carbocycles. The maximum absolute atomic E-state index is 12.3. The van der Waals surface area contributed by atoms with E-state index in [-0.39, 0.29) is 17.8 Å². The molecule has 0 aliphatic heterocycles. The van der Waals surface area contributed by atoms with Gasteiger partial charge in [-0.25, -0.2) is 0 Å². The number of hydrogen-bond donors (Lipinski definition) is 0. The number of carbonyl (C=O) groups is 1. The molecule has 2 aliphatic carbocycles. The van der Waals surface area contributed by atoms with Crippen molar-refractivity contribution in [3.05, 3.63) is 58.6 Å². The van der Waals surface area contributed by atoms with Crippen molar-refractivity contribution >= 4 is 21.9 Å². The van der Waals surface area contributed by atoms with Gasteiger partial charge in [0.25, 0.3) is 0 Å². The van der Waals surface area contributed by atoms with Crippen LogP contribution in [0.4, 0.5) is 0 Å². The first-order valence-corrected chi connectivity index (χ1v) is 8.27. The molecular formula is C18H19BrO2. The van der Waals surface area contributed by atoms with Crippen LogP contribution in [-0.2, 0) is 9.53 Å². The third-order valence-electron chi connectivity index (χ3n) is 4.38. The highest BCUT2D eigenvalue weighted by Crippen LogP contribution is 2.59. The molecule has 4 atom stereocenters. The molecule has 0 bridgehead atoms. The molecule has 0 N–H and O–H groups in total. The van der Waals surface area contributed by atoms with E-state index in [1.165, 1.54) is 5.56 Å². The highest BCUT2D eigenvalue weighted by molar-refractivity contribution is 9.10. The fourth-order valence-electron chi connectivity index (χ4n) is 3.44. The number of benzene rings is 1. The number of halogens is 1. The van der Waals surface area contributed by atoms with Crippen LogP contribution in [0, 0.1) is 17.8 Å². The Hall–Kier alpha value is -1.35. The SMILES string of the molecule is CCOC(=O)[C@H]1[C@H](c2cccc(Br)c2)[C@H]1C1C=CC=CC1. The summed E-state index contributed by atoms with van der Waals surface area (Å²) in [4.78, 5) is 12.3. The lowest BCUT2D eigenvalue weighted by Gasteiger charge is -2.12. The Kier molecular flexibility index (Phi) is 4.29. The Morgan fingerprint density at radius 3 is 2.90 bits per heavy atom. The van der Waals surface area contributed by atoms with Gasteiger partial charge in [-0.1, -0.05) is 52.4 Å². The molecule has 0 amide bonds. The Morgan fingerprint density at radius 1 is 1.38 bits per heavy atom. The second-order valence-electron chi connectivity index (χ2n) is 5.65. The summed E-state index contributed by atoms with van der Waals surface area (Å²) < 4.78 is 6.34. The normalized spacial score (nSPS) is 30.2. The second-order valence-corrected chi connectivity index (χ2v) is 6.56. The summed E-state index contributed by atoms with van der Waals surface area (Å²) in [5, 5.41) is 0. The largest absolute Gasteiger partial charge is 0.466 e. The van der Waals surface area contributed by atoms with Crippen molar-refractivity contribution in [3.63, 3.8) is 0 Å². The molecule has 3 rings (SSSR count). The maximum Gasteiger partial charge on any atom is 0.309 e. The van der Waals surface area contributed by atoms with E-state index < -0.39 is 0 Å². The van der Waals surface area contributed by atoms with Gasteiger partial charge in [0.1, 0.15) is 0 Å². The summed E-state index contributed by atoms with van der Waals surface area (Å²) >= 11 is 3.52. The first-order valence-electron chi connectivity index (χ1n) is 7.47. The van der Waals surface area contributed by atoms with Crippen LogP contribution < -0.4 is 0 Å². The minimum Gasteiger partial charge on any atom is -0.466 e. The summed E-state index contributed by atoms with van der Waals surface area (Å²) in [6.45, 7) is 2.32. The van der Waals surface area contributed by atoms with Gasteiger partial charge in [-0.15, -0.1) is 0 Å². The van der Waals surface area contributed by atoms with E-state index in [9.17, 15) is 4.79 Å². The van der Waals surface area contributed by atoms with Crippen molar-refractivity contribution in [2.24, 2.45) is 17.8 Å². The van der Waals surface area contributed by atoms with E-state index in [1.54, 1.807) is 0 Å². The maximum atomic E-state index is 12.3. The van der Waals surface area contributed by atoms with Crippen molar-refractivity contribution in [2.75, 3.05) is 6.61 Å². The fourth-order valence-corrected chi connectivity index (χ4v) is 3.85. The van der Waals surface area contributed by atoms with Gasteiger partial charge in [0, 0.05) is 10.4 Å². The van der Waals surface area contributed by atoms with Crippen LogP contribution in [0.15, 0.2) is 53.0 Å². The van der Waals surface area contributed by atoms with Crippen molar-refractivity contribution in [3.8, 4) is 0 Å². The minimum atomic E-state index is -0.0459. The summed E-state index contributed by atoms with van der Waals surface area (Å²) in [6, 6.07) is 8.29. The molecule has 1 aromatic carbocycles. The van der Waals surface area contributed by atoms with Gasteiger partial charge >= 0.3 is 5.97 Å². The summed E-state index contributed by atoms with van der Waals surface area (Å²) in [6.07, 6.45) is 9.60. The number of allylic oxidation sites excluding steroid dienone is 4. The van der Waals surface area contributed by atoms with E-state index in [2.05, 4.69) is 52.4 Å². The van der Waals surface area contributed by atoms with Gasteiger partial charge in [-0.2, -0.15) is 0 Å². The van der Waals surface area contributed by atoms with Crippen LogP contribution >= 0.6 is 15.9 Å². The van der Waals surface area contributed by atoms with E-state index in [1.807, 2.05) is 19.1 Å². The highest BCUT2D eigenvalue weighted by atomic mass is 79.9. The topological polar surface area (TPSA) is 26.3 Å². The number of esters is 1. The highest BCUT2D eigenvalue weighted by Gasteiger charge is 2.58. The predicted octanol–water partition coefficient (Wildman–Crippen LogP) is 4.47. The van der Waals surface area contributed by atoms with Gasteiger partial charge in [0.2, 0.25) is 0 Å². The number of carbonyl (C=O) groups excluding carboxylic acids is 1. The standard InChI is InChI=1S/C18H19BrO2/c1-2-21-18(20)17-15(12-7-4-3-5-8-12)16(17)13-9-6-10-14(19)11-13/h3-7,9-12,15-17H,2,8H2,1H3/t12?,15-,16-,17-/m1/s1. The van der Waals surface area contributed by atoms with Crippen LogP contribution in [0.1, 0.15) is 24.8 Å². The van der Waals surface area contributed by atoms with Gasteiger partial charge < -0.3 is 4.74 Å². The van der Waals surface area contributed by atoms with Crippen molar-refractivity contribution in [1.82, 2.24) is 0 Å². The zero-order valence-electron chi connectivity index (χ0n) is 12.0. The molecule has 3 heteroatoms. The van der Waals surface area contributed by atoms with E-state index in [0.29, 0.717) is 18.4 Å². The Labute approximate surface area is 134 Å². The minimum absolute atomic E-state index is 0.000370. The summed E-state index contributed by atoms with van der Waals surface area (Å²) in [5.74, 6) is 1.03. The molecule has 1 fully saturated rings. The molecule has 0 heterocycles. The van der Waals surface area contributed by atoms with Crippen molar-refractivity contribution in [1.29, 1.82) is 0 Å². The van der Waals surface area contributed by atoms with Gasteiger partial charge in [0.15, 0.2) is 0 Å². The first kappa shape index (κ1) is 14.6. The molecule has 21 heavy (non-hydrogen) atoms. The molecule has 0 aromatic heterocycles. The molecule has 110 valence electrons. The van der Waals surface area contributed by atoms with Gasteiger partial charge in [-0.3, -0.25) is 4.79 Å². The number of rotatable bonds is 4. The molecule has 1 aromatic rings. The predicted molar refractivity (Wildman–Crippen MR) is 86.9 cm³/mol. The molecule has 0 saturated heterocycles. The smallest absolute Gasteiger partial charge is 0.309 e. The fraction of sp³-hybridized carbons (Fsp3) is 0.389. The van der Waals surface area contributed by atoms with E-state index >= 15 is 0 Å². The third kappa shape index (κ3) is 2.98. The summed E-state index contributed by atoms with van der Waals surface area (Å²) in [5.41, 5.74) is 1.23. The Morgan fingerprint density at radius 2 is 2.24 bits per heavy atom. The number of ether oxygens (including phenoxy) is 1. The van der Waals surface area contributed by atoms with Crippen LogP contribution in [-0.4, -0.2) is 12.6 Å². The lowest BCUT2D eigenvalue weighted by atomic mass is 9.92. The van der Waals surface area contributed by atoms with Crippen LogP contribution in [0.3, 0.4) is 0 Å². The molecule has 2 nitrogen and oxygen atoms in total. The molecular weight excluding hydrogens is 328 g/mol. The zero-order chi connectivity index (χ0) is 14.8. The summed E-state index contributed by atoms with van der Waals surface area (Å²) in [7, 11) is 0. The van der Waals surface area contributed by atoms with Crippen molar-refractivity contribution < 1.29 is 9.53 Å².